The number of halogens is 3. The van der Waals surface area contributed by atoms with Crippen LogP contribution in [0.25, 0.3) is 5.69 Å². The molecule has 20 heavy (non-hydrogen) atoms. The molecule has 2 rings (SSSR count). The summed E-state index contributed by atoms with van der Waals surface area (Å²) in [6.45, 7) is 1.53. The lowest BCUT2D eigenvalue weighted by Crippen LogP contribution is -2.31. The molecule has 0 amide bonds. The summed E-state index contributed by atoms with van der Waals surface area (Å²) in [6, 6.07) is 1.39. The summed E-state index contributed by atoms with van der Waals surface area (Å²) in [5.41, 5.74) is -2.85. The maximum Gasteiger partial charge on any atom is 0.335 e. The van der Waals surface area contributed by atoms with Gasteiger partial charge in [-0.2, -0.15) is 0 Å². The van der Waals surface area contributed by atoms with Gasteiger partial charge in [0.25, 0.3) is 5.56 Å². The van der Waals surface area contributed by atoms with Crippen LogP contribution in [0.3, 0.4) is 0 Å². The third-order valence-corrected chi connectivity index (χ3v) is 2.79. The highest BCUT2D eigenvalue weighted by molar-refractivity contribution is 5.40. The molecule has 1 heterocycles. The van der Waals surface area contributed by atoms with Crippen LogP contribution in [0.2, 0.25) is 0 Å². The largest absolute Gasteiger partial charge is 0.494 e. The molecule has 0 aliphatic carbocycles. The predicted octanol–water partition coefficient (Wildman–Crippen LogP) is 1.21. The van der Waals surface area contributed by atoms with Gasteiger partial charge in [-0.1, -0.05) is 6.92 Å². The molecular weight excluding hydrogens is 277 g/mol. The van der Waals surface area contributed by atoms with Crippen molar-refractivity contribution in [2.45, 2.75) is 13.3 Å². The van der Waals surface area contributed by atoms with Crippen molar-refractivity contribution in [3.8, 4) is 11.6 Å². The van der Waals surface area contributed by atoms with Crippen LogP contribution in [0.15, 0.2) is 21.7 Å². The Morgan fingerprint density at radius 3 is 2.45 bits per heavy atom. The van der Waals surface area contributed by atoms with E-state index < -0.39 is 40.3 Å². The maximum absolute atomic E-state index is 13.7. The van der Waals surface area contributed by atoms with Crippen molar-refractivity contribution in [2.24, 2.45) is 0 Å². The maximum atomic E-state index is 13.7. The summed E-state index contributed by atoms with van der Waals surface area (Å²) in [4.78, 5) is 24.9. The highest BCUT2D eigenvalue weighted by Gasteiger charge is 2.20. The summed E-state index contributed by atoms with van der Waals surface area (Å²) in [7, 11) is 0. The minimum atomic E-state index is -1.78. The van der Waals surface area contributed by atoms with E-state index in [0.717, 1.165) is 6.07 Å². The van der Waals surface area contributed by atoms with Crippen molar-refractivity contribution < 1.29 is 18.3 Å². The second-order valence-corrected chi connectivity index (χ2v) is 3.94. The number of hydrogen-bond donors (Lipinski definition) is 2. The fourth-order valence-corrected chi connectivity index (χ4v) is 1.79. The van der Waals surface area contributed by atoms with Crippen LogP contribution in [0, 0.1) is 17.5 Å². The Kier molecular flexibility index (Phi) is 3.39. The summed E-state index contributed by atoms with van der Waals surface area (Å²) in [5, 5.41) is 9.85. The number of rotatable bonds is 2. The molecule has 0 aliphatic rings. The minimum absolute atomic E-state index is 0.0622. The fourth-order valence-electron chi connectivity index (χ4n) is 1.79. The van der Waals surface area contributed by atoms with E-state index in [4.69, 9.17) is 0 Å². The first-order chi connectivity index (χ1) is 9.38. The summed E-state index contributed by atoms with van der Waals surface area (Å²) >= 11 is 0. The molecule has 0 fully saturated rings. The van der Waals surface area contributed by atoms with E-state index in [1.807, 2.05) is 4.98 Å². The van der Waals surface area contributed by atoms with Gasteiger partial charge in [0.1, 0.15) is 0 Å². The second-order valence-electron chi connectivity index (χ2n) is 3.94. The van der Waals surface area contributed by atoms with Gasteiger partial charge in [-0.25, -0.2) is 22.5 Å². The highest BCUT2D eigenvalue weighted by atomic mass is 19.2. The number of aromatic hydroxyl groups is 1. The van der Waals surface area contributed by atoms with Crippen molar-refractivity contribution in [3.05, 3.63) is 56.0 Å². The van der Waals surface area contributed by atoms with E-state index in [1.165, 1.54) is 6.92 Å². The quantitative estimate of drug-likeness (QED) is 0.815. The van der Waals surface area contributed by atoms with Gasteiger partial charge in [0.15, 0.2) is 17.5 Å². The van der Waals surface area contributed by atoms with Crippen LogP contribution in [-0.2, 0) is 6.42 Å². The molecule has 1 aromatic carbocycles. The average molecular weight is 286 g/mol. The highest BCUT2D eigenvalue weighted by Crippen LogP contribution is 2.22. The molecule has 0 aliphatic heterocycles. The van der Waals surface area contributed by atoms with Gasteiger partial charge in [-0.05, 0) is 18.6 Å². The number of nitrogens with one attached hydrogen (secondary N) is 1. The number of hydrogen-bond acceptors (Lipinski definition) is 3. The van der Waals surface area contributed by atoms with Crippen LogP contribution in [0.5, 0.6) is 5.88 Å². The Morgan fingerprint density at radius 2 is 1.85 bits per heavy atom. The topological polar surface area (TPSA) is 75.1 Å². The van der Waals surface area contributed by atoms with E-state index in [2.05, 4.69) is 0 Å². The molecule has 0 saturated carbocycles. The van der Waals surface area contributed by atoms with Crippen molar-refractivity contribution in [1.82, 2.24) is 9.55 Å². The van der Waals surface area contributed by atoms with Gasteiger partial charge >= 0.3 is 5.69 Å². The molecule has 0 unspecified atom stereocenters. The molecule has 2 N–H and O–H groups in total. The van der Waals surface area contributed by atoms with Crippen molar-refractivity contribution >= 4 is 0 Å². The van der Waals surface area contributed by atoms with Crippen LogP contribution in [0.4, 0.5) is 13.2 Å². The molecule has 0 radical (unpaired) electrons. The number of aromatic nitrogens is 2. The Hall–Kier alpha value is -2.51. The van der Waals surface area contributed by atoms with Gasteiger partial charge in [-0.3, -0.25) is 9.78 Å². The first-order valence-electron chi connectivity index (χ1n) is 5.59. The molecule has 0 bridgehead atoms. The van der Waals surface area contributed by atoms with Crippen molar-refractivity contribution in [1.29, 1.82) is 0 Å². The van der Waals surface area contributed by atoms with Crippen LogP contribution < -0.4 is 11.2 Å². The van der Waals surface area contributed by atoms with Crippen LogP contribution in [0.1, 0.15) is 12.5 Å². The van der Waals surface area contributed by atoms with E-state index in [9.17, 15) is 27.9 Å². The second kappa shape index (κ2) is 4.87. The van der Waals surface area contributed by atoms with Crippen molar-refractivity contribution in [2.75, 3.05) is 0 Å². The smallest absolute Gasteiger partial charge is 0.335 e. The molecule has 106 valence electrons. The molecule has 5 nitrogen and oxygen atoms in total. The lowest BCUT2D eigenvalue weighted by molar-refractivity contribution is 0.411. The van der Waals surface area contributed by atoms with Crippen LogP contribution >= 0.6 is 0 Å². The number of H-pyrrole nitrogens is 1. The zero-order chi connectivity index (χ0) is 15.0. The molecular formula is C12H9F3N2O3. The zero-order valence-corrected chi connectivity index (χ0v) is 10.2. The lowest BCUT2D eigenvalue weighted by atomic mass is 10.2. The lowest BCUT2D eigenvalue weighted by Gasteiger charge is -2.11. The van der Waals surface area contributed by atoms with Crippen LogP contribution in [-0.4, -0.2) is 14.7 Å². The third kappa shape index (κ3) is 1.98. The van der Waals surface area contributed by atoms with Gasteiger partial charge in [0.05, 0.1) is 11.3 Å². The Balaban J connectivity index is 2.87. The summed E-state index contributed by atoms with van der Waals surface area (Å²) in [5.74, 6) is -5.67. The molecule has 1 aromatic heterocycles. The predicted molar refractivity (Wildman–Crippen MR) is 63.6 cm³/mol. The Labute approximate surface area is 109 Å². The zero-order valence-electron chi connectivity index (χ0n) is 10.2. The van der Waals surface area contributed by atoms with Gasteiger partial charge in [-0.15, -0.1) is 0 Å². The monoisotopic (exact) mass is 286 g/mol. The first kappa shape index (κ1) is 13.9. The van der Waals surface area contributed by atoms with E-state index in [-0.39, 0.29) is 12.0 Å². The van der Waals surface area contributed by atoms with E-state index >= 15 is 0 Å². The number of aromatic amines is 1. The normalized spacial score (nSPS) is 10.8. The standard InChI is InChI=1S/C12H9F3N2O3/c1-2-5-10(18)16-12(20)17(11(5)19)7-4-3-6(13)8(14)9(7)15/h3-4,19H,2H2,1H3,(H,16,18,20). The Bertz CT molecular complexity index is 796. The van der Waals surface area contributed by atoms with E-state index in [1.54, 1.807) is 0 Å². The molecule has 0 atom stereocenters. The first-order valence-corrected chi connectivity index (χ1v) is 5.59. The minimum Gasteiger partial charge on any atom is -0.494 e. The van der Waals surface area contributed by atoms with Gasteiger partial charge in [0.2, 0.25) is 5.88 Å². The average Bonchev–Trinajstić information content (AvgIpc) is 2.38. The molecule has 0 spiro atoms. The third-order valence-electron chi connectivity index (χ3n) is 2.79. The van der Waals surface area contributed by atoms with E-state index in [0.29, 0.717) is 10.6 Å². The molecule has 8 heteroatoms. The van der Waals surface area contributed by atoms with Gasteiger partial charge < -0.3 is 5.11 Å². The molecule has 0 saturated heterocycles. The Morgan fingerprint density at radius 1 is 1.20 bits per heavy atom. The SMILES string of the molecule is CCc1c(O)n(-c2ccc(F)c(F)c2F)c(=O)[nH]c1=O. The summed E-state index contributed by atoms with van der Waals surface area (Å²) in [6.07, 6.45) is 0.0622. The van der Waals surface area contributed by atoms with Crippen molar-refractivity contribution in [3.63, 3.8) is 0 Å². The number of nitrogens with zero attached hydrogens (tertiary/aromatic N) is 1. The molecule has 2 aromatic rings. The number of benzene rings is 1. The van der Waals surface area contributed by atoms with Gasteiger partial charge in [0, 0.05) is 0 Å². The fraction of sp³-hybridized carbons (Fsp3) is 0.167. The summed E-state index contributed by atoms with van der Waals surface area (Å²) < 4.78 is 40.1.